The van der Waals surface area contributed by atoms with E-state index in [1.807, 2.05) is 67.6 Å². The molecule has 3 rings (SSSR count). The van der Waals surface area contributed by atoms with Gasteiger partial charge in [-0.15, -0.1) is 0 Å². The van der Waals surface area contributed by atoms with Crippen molar-refractivity contribution in [3.8, 4) is 5.75 Å². The molecule has 5 heteroatoms. The molecule has 2 heterocycles. The van der Waals surface area contributed by atoms with Gasteiger partial charge in [0.05, 0.1) is 11.3 Å². The normalized spacial score (nSPS) is 13.6. The van der Waals surface area contributed by atoms with Gasteiger partial charge in [0.2, 0.25) is 0 Å². The molecule has 2 aromatic rings. The summed E-state index contributed by atoms with van der Waals surface area (Å²) < 4.78 is 8.07. The van der Waals surface area contributed by atoms with E-state index in [-0.39, 0.29) is 12.0 Å². The number of hydrogen-bond acceptors (Lipinski definition) is 4. The summed E-state index contributed by atoms with van der Waals surface area (Å²) in [6.45, 7) is 14.0. The molecule has 0 aliphatic carbocycles. The Bertz CT molecular complexity index is 1290. The molecule has 1 aliphatic rings. The second-order valence-electron chi connectivity index (χ2n) is 7.77. The van der Waals surface area contributed by atoms with E-state index in [0.29, 0.717) is 30.1 Å². The molecule has 178 valence electrons. The summed E-state index contributed by atoms with van der Waals surface area (Å²) >= 11 is 0. The number of aliphatic imine (C=N–C) groups is 1. The molecule has 0 atom stereocenters. The molecule has 0 saturated carbocycles. The smallest absolute Gasteiger partial charge is 0.193 e. The Hall–Kier alpha value is -4.38. The summed E-state index contributed by atoms with van der Waals surface area (Å²) in [4.78, 5) is 18.2. The third-order valence-corrected chi connectivity index (χ3v) is 5.30. The van der Waals surface area contributed by atoms with Crippen LogP contribution in [-0.2, 0) is 13.0 Å². The monoisotopic (exact) mass is 465 g/mol. The van der Waals surface area contributed by atoms with E-state index in [9.17, 15) is 4.79 Å². The van der Waals surface area contributed by atoms with Crippen LogP contribution in [0.2, 0.25) is 0 Å². The predicted molar refractivity (Wildman–Crippen MR) is 147 cm³/mol. The van der Waals surface area contributed by atoms with Crippen LogP contribution in [0.1, 0.15) is 18.2 Å². The van der Waals surface area contributed by atoms with Crippen molar-refractivity contribution in [1.82, 2.24) is 4.57 Å². The van der Waals surface area contributed by atoms with E-state index < -0.39 is 0 Å². The standard InChI is InChI=1S/C30H31N3O2/c1-5-8-9-10-14-20-33-27-19-18-23(4)31-26(22-35-25-16-12-11-13-17-25)30(27)28(34)21-29(33)32-24(7-3)15-6-2/h5-18,21,32H,1-3,19-20,22H2,4H3/b9-8-,14-10-,24-15+. The molecule has 0 spiro atoms. The van der Waals surface area contributed by atoms with Crippen LogP contribution in [0.3, 0.4) is 0 Å². The number of rotatable bonds is 11. The van der Waals surface area contributed by atoms with Gasteiger partial charge in [-0.25, -0.2) is 0 Å². The number of benzene rings is 1. The minimum atomic E-state index is -0.116. The lowest BCUT2D eigenvalue weighted by molar-refractivity contribution is 0.376. The number of aromatic nitrogens is 1. The van der Waals surface area contributed by atoms with Crippen molar-refractivity contribution in [2.24, 2.45) is 4.99 Å². The number of fused-ring (bicyclic) bond motifs is 1. The number of para-hydroxylation sites is 1. The zero-order valence-corrected chi connectivity index (χ0v) is 20.1. The molecule has 0 fully saturated rings. The fraction of sp³-hybridized carbons (Fsp3) is 0.133. The van der Waals surface area contributed by atoms with E-state index >= 15 is 0 Å². The molecule has 35 heavy (non-hydrogen) atoms. The third kappa shape index (κ3) is 6.81. The van der Waals surface area contributed by atoms with Gasteiger partial charge in [-0.1, -0.05) is 80.5 Å². The fourth-order valence-electron chi connectivity index (χ4n) is 3.68. The highest BCUT2D eigenvalue weighted by Gasteiger charge is 2.22. The van der Waals surface area contributed by atoms with Crippen molar-refractivity contribution < 1.29 is 4.74 Å². The van der Waals surface area contributed by atoms with Crippen LogP contribution >= 0.6 is 0 Å². The molecular formula is C30H31N3O2. The third-order valence-electron chi connectivity index (χ3n) is 5.30. The number of hydrogen-bond donors (Lipinski definition) is 1. The van der Waals surface area contributed by atoms with Crippen LogP contribution in [0.5, 0.6) is 5.75 Å². The Kier molecular flexibility index (Phi) is 9.20. The molecule has 0 unspecified atom stereocenters. The van der Waals surface area contributed by atoms with Crippen molar-refractivity contribution in [1.29, 1.82) is 0 Å². The average Bonchev–Trinajstić information content (AvgIpc) is 3.03. The molecule has 0 bridgehead atoms. The van der Waals surface area contributed by atoms with Crippen molar-refractivity contribution in [2.45, 2.75) is 19.9 Å². The van der Waals surface area contributed by atoms with Gasteiger partial charge in [0.25, 0.3) is 0 Å². The molecule has 0 saturated heterocycles. The maximum atomic E-state index is 13.4. The predicted octanol–water partition coefficient (Wildman–Crippen LogP) is 6.14. The number of nitrogens with zero attached hydrogens (tertiary/aromatic N) is 2. The van der Waals surface area contributed by atoms with Gasteiger partial charge in [-0.2, -0.15) is 0 Å². The van der Waals surface area contributed by atoms with Crippen molar-refractivity contribution in [3.63, 3.8) is 0 Å². The molecule has 0 radical (unpaired) electrons. The number of allylic oxidation sites excluding steroid dienone is 10. The zero-order valence-electron chi connectivity index (χ0n) is 20.1. The van der Waals surface area contributed by atoms with Crippen molar-refractivity contribution in [2.75, 3.05) is 11.9 Å². The highest BCUT2D eigenvalue weighted by Crippen LogP contribution is 2.22. The van der Waals surface area contributed by atoms with Crippen LogP contribution in [0, 0.1) is 0 Å². The molecule has 5 nitrogen and oxygen atoms in total. The Morgan fingerprint density at radius 3 is 2.66 bits per heavy atom. The van der Waals surface area contributed by atoms with E-state index in [0.717, 1.165) is 22.8 Å². The molecule has 1 aromatic carbocycles. The highest BCUT2D eigenvalue weighted by atomic mass is 16.5. The van der Waals surface area contributed by atoms with Crippen molar-refractivity contribution >= 4 is 11.5 Å². The average molecular weight is 466 g/mol. The molecule has 0 amide bonds. The first-order valence-electron chi connectivity index (χ1n) is 11.4. The van der Waals surface area contributed by atoms with Gasteiger partial charge in [-0.3, -0.25) is 9.79 Å². The van der Waals surface area contributed by atoms with Crippen LogP contribution in [0.25, 0.3) is 0 Å². The molecule has 1 aliphatic heterocycles. The Balaban J connectivity index is 2.10. The maximum absolute atomic E-state index is 13.4. The lowest BCUT2D eigenvalue weighted by Crippen LogP contribution is -2.28. The summed E-state index contributed by atoms with van der Waals surface area (Å²) in [5, 5.41) is 3.32. The zero-order chi connectivity index (χ0) is 25.0. The Labute approximate surface area is 207 Å². The number of pyridine rings is 1. The topological polar surface area (TPSA) is 55.6 Å². The number of ether oxygens (including phenoxy) is 1. The van der Waals surface area contributed by atoms with Gasteiger partial charge in [-0.05, 0) is 31.2 Å². The Morgan fingerprint density at radius 1 is 1.14 bits per heavy atom. The van der Waals surface area contributed by atoms with Gasteiger partial charge >= 0.3 is 0 Å². The quantitative estimate of drug-likeness (QED) is 0.406. The molecule has 1 N–H and O–H groups in total. The SMILES string of the molecule is C=C/C=C\C=C/Cn1c(N/C(C=C)=C/C=C)cc(=O)c2c1CC=C(C)N=C2COc1ccccc1. The minimum absolute atomic E-state index is 0.116. The van der Waals surface area contributed by atoms with Crippen LogP contribution in [0.15, 0.2) is 132 Å². The van der Waals surface area contributed by atoms with Gasteiger partial charge < -0.3 is 14.6 Å². The number of anilines is 1. The minimum Gasteiger partial charge on any atom is -0.487 e. The van der Waals surface area contributed by atoms with Gasteiger partial charge in [0, 0.05) is 36.1 Å². The lowest BCUT2D eigenvalue weighted by atomic mass is 10.0. The first-order valence-corrected chi connectivity index (χ1v) is 11.4. The summed E-state index contributed by atoms with van der Waals surface area (Å²) in [7, 11) is 0. The van der Waals surface area contributed by atoms with E-state index in [4.69, 9.17) is 9.73 Å². The number of nitrogens with one attached hydrogen (secondary N) is 1. The summed E-state index contributed by atoms with van der Waals surface area (Å²) in [5.41, 5.74) is 3.52. The van der Waals surface area contributed by atoms with E-state index in [1.165, 1.54) is 0 Å². The van der Waals surface area contributed by atoms with Gasteiger partial charge in [0.15, 0.2) is 5.43 Å². The summed E-state index contributed by atoms with van der Waals surface area (Å²) in [6, 6.07) is 11.1. The van der Waals surface area contributed by atoms with E-state index in [2.05, 4.69) is 29.6 Å². The first-order chi connectivity index (χ1) is 17.1. The summed E-state index contributed by atoms with van der Waals surface area (Å²) in [6.07, 6.45) is 17.3. The molecule has 1 aromatic heterocycles. The van der Waals surface area contributed by atoms with Gasteiger partial charge in [0.1, 0.15) is 18.2 Å². The second kappa shape index (κ2) is 12.8. The van der Waals surface area contributed by atoms with Crippen molar-refractivity contribution in [3.05, 3.63) is 144 Å². The lowest BCUT2D eigenvalue weighted by Gasteiger charge is -2.21. The summed E-state index contributed by atoms with van der Waals surface area (Å²) in [5.74, 6) is 1.39. The first kappa shape index (κ1) is 25.2. The van der Waals surface area contributed by atoms with E-state index in [1.54, 1.807) is 30.4 Å². The van der Waals surface area contributed by atoms with Crippen LogP contribution in [-0.4, -0.2) is 16.9 Å². The largest absolute Gasteiger partial charge is 0.487 e. The van der Waals surface area contributed by atoms with Crippen LogP contribution in [0.4, 0.5) is 5.82 Å². The van der Waals surface area contributed by atoms with Crippen LogP contribution < -0.4 is 15.5 Å². The highest BCUT2D eigenvalue weighted by molar-refractivity contribution is 6.03. The second-order valence-corrected chi connectivity index (χ2v) is 7.77. The Morgan fingerprint density at radius 2 is 1.94 bits per heavy atom. The molecular weight excluding hydrogens is 434 g/mol. The maximum Gasteiger partial charge on any atom is 0.193 e. The fourth-order valence-corrected chi connectivity index (χ4v) is 3.68.